The van der Waals surface area contributed by atoms with Gasteiger partial charge in [0.15, 0.2) is 0 Å². The Morgan fingerprint density at radius 3 is 2.72 bits per heavy atom. The summed E-state index contributed by atoms with van der Waals surface area (Å²) in [7, 11) is 1.52. The van der Waals surface area contributed by atoms with Crippen molar-refractivity contribution in [3.63, 3.8) is 0 Å². The van der Waals surface area contributed by atoms with Crippen molar-refractivity contribution in [1.82, 2.24) is 9.78 Å². The SMILES string of the molecule is C[C@@H]1CC(C)(C)c2cccc(NC(=O)c3cn(C)nc3C(F)F)c21.[Na]. The van der Waals surface area contributed by atoms with E-state index in [1.807, 2.05) is 12.1 Å². The molecular weight excluding hydrogens is 335 g/mol. The molecule has 4 nitrogen and oxygen atoms in total. The van der Waals surface area contributed by atoms with E-state index >= 15 is 0 Å². The third-order valence-electron chi connectivity index (χ3n) is 4.70. The number of aryl methyl sites for hydroxylation is 1. The topological polar surface area (TPSA) is 46.9 Å². The van der Waals surface area contributed by atoms with Gasteiger partial charge in [0, 0.05) is 48.5 Å². The monoisotopic (exact) mass is 356 g/mol. The quantitative estimate of drug-likeness (QED) is 0.845. The van der Waals surface area contributed by atoms with Crippen LogP contribution < -0.4 is 5.32 Å². The smallest absolute Gasteiger partial charge is 0.282 e. The summed E-state index contributed by atoms with van der Waals surface area (Å²) in [5.74, 6) is -0.251. The first-order valence-corrected chi connectivity index (χ1v) is 7.97. The summed E-state index contributed by atoms with van der Waals surface area (Å²) in [6, 6.07) is 5.79. The summed E-state index contributed by atoms with van der Waals surface area (Å²) in [6.07, 6.45) is -0.469. The van der Waals surface area contributed by atoms with Gasteiger partial charge >= 0.3 is 0 Å². The van der Waals surface area contributed by atoms with Crippen LogP contribution in [0.4, 0.5) is 14.5 Å². The number of benzene rings is 1. The van der Waals surface area contributed by atoms with E-state index in [4.69, 9.17) is 0 Å². The Morgan fingerprint density at radius 1 is 1.40 bits per heavy atom. The Balaban J connectivity index is 0.00000225. The zero-order valence-corrected chi connectivity index (χ0v) is 17.2. The minimum Gasteiger partial charge on any atom is -0.322 e. The van der Waals surface area contributed by atoms with Crippen molar-refractivity contribution in [1.29, 1.82) is 0 Å². The Kier molecular flexibility index (Phi) is 5.76. The molecule has 1 N–H and O–H groups in total. The van der Waals surface area contributed by atoms with E-state index in [2.05, 4.69) is 37.3 Å². The number of carbonyl (C=O) groups excluding carboxylic acids is 1. The third-order valence-corrected chi connectivity index (χ3v) is 4.70. The van der Waals surface area contributed by atoms with Crippen LogP contribution in [0, 0.1) is 0 Å². The van der Waals surface area contributed by atoms with E-state index in [0.717, 1.165) is 12.0 Å². The Labute approximate surface area is 168 Å². The average molecular weight is 356 g/mol. The van der Waals surface area contributed by atoms with Crippen molar-refractivity contribution in [2.45, 2.75) is 45.0 Å². The molecule has 2 aromatic rings. The first-order valence-electron chi connectivity index (χ1n) is 7.97. The minimum absolute atomic E-state index is 0. The molecule has 1 atom stereocenters. The van der Waals surface area contributed by atoms with Crippen molar-refractivity contribution in [2.24, 2.45) is 7.05 Å². The number of hydrogen-bond donors (Lipinski definition) is 1. The van der Waals surface area contributed by atoms with Gasteiger partial charge in [-0.05, 0) is 34.9 Å². The van der Waals surface area contributed by atoms with E-state index in [0.29, 0.717) is 11.6 Å². The maximum absolute atomic E-state index is 13.1. The molecular formula is C18H21F2N3NaO. The van der Waals surface area contributed by atoms with Gasteiger partial charge in [-0.25, -0.2) is 8.78 Å². The number of hydrogen-bond acceptors (Lipinski definition) is 2. The summed E-state index contributed by atoms with van der Waals surface area (Å²) >= 11 is 0. The molecule has 0 saturated carbocycles. The van der Waals surface area contributed by atoms with Gasteiger partial charge in [-0.2, -0.15) is 5.10 Å². The van der Waals surface area contributed by atoms with Crippen LogP contribution in [-0.4, -0.2) is 45.2 Å². The van der Waals surface area contributed by atoms with Gasteiger partial charge in [0.1, 0.15) is 5.69 Å². The first-order chi connectivity index (χ1) is 11.2. The van der Waals surface area contributed by atoms with Crippen molar-refractivity contribution in [3.05, 3.63) is 46.8 Å². The van der Waals surface area contributed by atoms with Crippen LogP contribution in [0.15, 0.2) is 24.4 Å². The van der Waals surface area contributed by atoms with E-state index in [1.54, 1.807) is 0 Å². The normalized spacial score (nSPS) is 18.0. The molecule has 1 aromatic carbocycles. The van der Waals surface area contributed by atoms with Gasteiger partial charge < -0.3 is 5.32 Å². The number of anilines is 1. The average Bonchev–Trinajstić information content (AvgIpc) is 2.98. The molecule has 3 rings (SSSR count). The summed E-state index contributed by atoms with van der Waals surface area (Å²) < 4.78 is 27.4. The minimum atomic E-state index is -2.79. The van der Waals surface area contributed by atoms with Gasteiger partial charge in [0.25, 0.3) is 12.3 Å². The number of carbonyl (C=O) groups is 1. The number of alkyl halides is 2. The number of nitrogens with one attached hydrogen (secondary N) is 1. The van der Waals surface area contributed by atoms with Crippen LogP contribution in [0.1, 0.15) is 66.7 Å². The predicted octanol–water partition coefficient (Wildman–Crippen LogP) is 4.01. The third kappa shape index (κ3) is 3.66. The molecule has 25 heavy (non-hydrogen) atoms. The van der Waals surface area contributed by atoms with Gasteiger partial charge in [0.2, 0.25) is 0 Å². The second-order valence-corrected chi connectivity index (χ2v) is 7.11. The molecule has 1 aliphatic carbocycles. The molecule has 7 heteroatoms. The molecule has 0 saturated heterocycles. The molecule has 0 fully saturated rings. The van der Waals surface area contributed by atoms with Crippen LogP contribution in [0.2, 0.25) is 0 Å². The van der Waals surface area contributed by atoms with Crippen molar-refractivity contribution < 1.29 is 13.6 Å². The van der Waals surface area contributed by atoms with E-state index in [1.165, 1.54) is 23.5 Å². The van der Waals surface area contributed by atoms with Gasteiger partial charge in [-0.1, -0.05) is 32.9 Å². The second-order valence-electron chi connectivity index (χ2n) is 7.11. The fourth-order valence-corrected chi connectivity index (χ4v) is 3.80. The molecule has 1 heterocycles. The van der Waals surface area contributed by atoms with Gasteiger partial charge in [-0.3, -0.25) is 9.48 Å². The van der Waals surface area contributed by atoms with Crippen molar-refractivity contribution >= 4 is 41.2 Å². The molecule has 1 aromatic heterocycles. The molecule has 1 aliphatic rings. The van der Waals surface area contributed by atoms with Gasteiger partial charge in [-0.15, -0.1) is 0 Å². The maximum Gasteiger partial charge on any atom is 0.282 e. The molecule has 0 spiro atoms. The van der Waals surface area contributed by atoms with Crippen LogP contribution in [-0.2, 0) is 12.5 Å². The summed E-state index contributed by atoms with van der Waals surface area (Å²) in [5, 5.41) is 6.50. The van der Waals surface area contributed by atoms with Crippen LogP contribution >= 0.6 is 0 Å². The second kappa shape index (κ2) is 7.17. The molecule has 129 valence electrons. The maximum atomic E-state index is 13.1. The summed E-state index contributed by atoms with van der Waals surface area (Å²) in [6.45, 7) is 6.48. The van der Waals surface area contributed by atoms with Gasteiger partial charge in [0.05, 0.1) is 5.56 Å². The van der Waals surface area contributed by atoms with Crippen LogP contribution in [0.5, 0.6) is 0 Å². The molecule has 1 radical (unpaired) electrons. The molecule has 1 amide bonds. The van der Waals surface area contributed by atoms with E-state index in [-0.39, 0.29) is 40.5 Å². The number of rotatable bonds is 3. The Morgan fingerprint density at radius 2 is 2.08 bits per heavy atom. The number of amides is 1. The molecule has 0 aliphatic heterocycles. The zero-order valence-electron chi connectivity index (χ0n) is 15.2. The number of fused-ring (bicyclic) bond motifs is 1. The fraction of sp³-hybridized carbons (Fsp3) is 0.444. The zero-order chi connectivity index (χ0) is 17.6. The number of halogens is 2. The Bertz CT molecular complexity index is 802. The van der Waals surface area contributed by atoms with E-state index in [9.17, 15) is 13.6 Å². The standard InChI is InChI=1S/C18H21F2N3O.Na/c1-10-8-18(2,3)12-6-5-7-13(14(10)12)21-17(24)11-9-23(4)22-15(11)16(19)20;/h5-7,9-10,16H,8H2,1-4H3,(H,21,24);/t10-;/m1./s1. The van der Waals surface area contributed by atoms with Crippen molar-refractivity contribution in [3.8, 4) is 0 Å². The first kappa shape index (κ1) is 20.1. The largest absolute Gasteiger partial charge is 0.322 e. The predicted molar refractivity (Wildman–Crippen MR) is 94.4 cm³/mol. The Hall–Kier alpha value is -1.24. The number of aromatic nitrogens is 2. The van der Waals surface area contributed by atoms with Crippen LogP contribution in [0.25, 0.3) is 0 Å². The summed E-state index contributed by atoms with van der Waals surface area (Å²) in [4.78, 5) is 12.5. The fourth-order valence-electron chi connectivity index (χ4n) is 3.80. The molecule has 0 bridgehead atoms. The molecule has 0 unspecified atom stereocenters. The van der Waals surface area contributed by atoms with Crippen molar-refractivity contribution in [2.75, 3.05) is 5.32 Å². The van der Waals surface area contributed by atoms with Crippen LogP contribution in [0.3, 0.4) is 0 Å². The number of nitrogens with zero attached hydrogens (tertiary/aromatic N) is 2. The van der Waals surface area contributed by atoms with E-state index < -0.39 is 18.0 Å². The summed E-state index contributed by atoms with van der Waals surface area (Å²) in [5.41, 5.74) is 2.45.